The van der Waals surface area contributed by atoms with Gasteiger partial charge in [-0.3, -0.25) is 19.7 Å². The number of carbonyl (C=O) groups excluding carboxylic acids is 3. The molecule has 35 heavy (non-hydrogen) atoms. The normalized spacial score (nSPS) is 19.9. The molecule has 2 aliphatic rings. The number of nitrogens with zero attached hydrogens (tertiary/aromatic N) is 1. The topological polar surface area (TPSA) is 87.7 Å². The van der Waals surface area contributed by atoms with Crippen molar-refractivity contribution in [1.82, 2.24) is 10.2 Å². The number of piperidine rings is 2. The third-order valence-electron chi connectivity index (χ3n) is 6.83. The Bertz CT molecular complexity index is 839. The Balaban J connectivity index is 1.26. The van der Waals surface area contributed by atoms with Crippen LogP contribution in [0.2, 0.25) is 0 Å². The lowest BCUT2D eigenvalue weighted by Gasteiger charge is -2.32. The number of nitrogens with one attached hydrogen (secondary N) is 2. The molecule has 1 atom stereocenters. The van der Waals surface area contributed by atoms with Gasteiger partial charge in [0.1, 0.15) is 11.6 Å². The van der Waals surface area contributed by atoms with E-state index in [1.165, 1.54) is 37.7 Å². The molecule has 1 unspecified atom stereocenters. The summed E-state index contributed by atoms with van der Waals surface area (Å²) in [7, 11) is 0. The molecule has 7 nitrogen and oxygen atoms in total. The lowest BCUT2D eigenvalue weighted by atomic mass is 9.89. The number of esters is 1. The highest BCUT2D eigenvalue weighted by atomic mass is 16.6. The molecule has 0 aromatic heterocycles. The summed E-state index contributed by atoms with van der Waals surface area (Å²) in [6, 6.07) is 8.10. The minimum absolute atomic E-state index is 0.0828. The van der Waals surface area contributed by atoms with Crippen LogP contribution in [0.1, 0.15) is 96.5 Å². The highest BCUT2D eigenvalue weighted by Crippen LogP contribution is 2.29. The molecule has 0 spiro atoms. The van der Waals surface area contributed by atoms with Gasteiger partial charge in [0.05, 0.1) is 0 Å². The van der Waals surface area contributed by atoms with Crippen LogP contribution < -0.4 is 10.6 Å². The maximum absolute atomic E-state index is 11.9. The van der Waals surface area contributed by atoms with Crippen molar-refractivity contribution in [1.29, 1.82) is 0 Å². The standard InChI is InChI=1S/C28H43N3O4/c1-28(2,3)35-26(33)9-7-5-4-6-8-18-31-19-16-22(17-20-31)21-10-12-23(13-11-21)29-24-14-15-25(32)30-27(24)34/h10-13,22,24,29H,4-9,14-20H2,1-3H3,(H,30,32,34). The first kappa shape index (κ1) is 27.2. The van der Waals surface area contributed by atoms with Crippen molar-refractivity contribution in [3.8, 4) is 0 Å². The van der Waals surface area contributed by atoms with Gasteiger partial charge < -0.3 is 15.0 Å². The summed E-state index contributed by atoms with van der Waals surface area (Å²) in [5.74, 6) is 0.0767. The summed E-state index contributed by atoms with van der Waals surface area (Å²) in [5, 5.41) is 5.64. The first-order chi connectivity index (χ1) is 16.7. The van der Waals surface area contributed by atoms with Gasteiger partial charge in [0.15, 0.2) is 0 Å². The van der Waals surface area contributed by atoms with Gasteiger partial charge in [-0.1, -0.05) is 31.4 Å². The molecule has 1 aromatic carbocycles. The summed E-state index contributed by atoms with van der Waals surface area (Å²) in [5.41, 5.74) is 1.90. The van der Waals surface area contributed by atoms with E-state index in [9.17, 15) is 14.4 Å². The Morgan fingerprint density at radius 3 is 2.31 bits per heavy atom. The summed E-state index contributed by atoms with van der Waals surface area (Å²) >= 11 is 0. The highest BCUT2D eigenvalue weighted by Gasteiger charge is 2.26. The van der Waals surface area contributed by atoms with Crippen LogP contribution in [-0.4, -0.2) is 54.0 Å². The van der Waals surface area contributed by atoms with Gasteiger partial charge >= 0.3 is 5.97 Å². The fourth-order valence-corrected chi connectivity index (χ4v) is 4.90. The van der Waals surface area contributed by atoms with Crippen LogP contribution >= 0.6 is 0 Å². The van der Waals surface area contributed by atoms with Crippen molar-refractivity contribution < 1.29 is 19.1 Å². The largest absolute Gasteiger partial charge is 0.460 e. The Labute approximate surface area is 210 Å². The average Bonchev–Trinajstić information content (AvgIpc) is 2.80. The fraction of sp³-hybridized carbons (Fsp3) is 0.679. The first-order valence-electron chi connectivity index (χ1n) is 13.3. The van der Waals surface area contributed by atoms with Crippen molar-refractivity contribution in [3.63, 3.8) is 0 Å². The second-order valence-electron chi connectivity index (χ2n) is 11.0. The van der Waals surface area contributed by atoms with E-state index in [-0.39, 0.29) is 29.4 Å². The van der Waals surface area contributed by atoms with Gasteiger partial charge in [-0.2, -0.15) is 0 Å². The zero-order chi connectivity index (χ0) is 25.3. The molecule has 2 aliphatic heterocycles. The number of rotatable bonds is 11. The van der Waals surface area contributed by atoms with Gasteiger partial charge in [-0.15, -0.1) is 0 Å². The number of hydrogen-bond donors (Lipinski definition) is 2. The smallest absolute Gasteiger partial charge is 0.306 e. The van der Waals surface area contributed by atoms with Gasteiger partial charge in [-0.25, -0.2) is 0 Å². The maximum atomic E-state index is 11.9. The van der Waals surface area contributed by atoms with Crippen LogP contribution in [0.15, 0.2) is 24.3 Å². The summed E-state index contributed by atoms with van der Waals surface area (Å²) in [4.78, 5) is 37.6. The zero-order valence-electron chi connectivity index (χ0n) is 21.7. The highest BCUT2D eigenvalue weighted by molar-refractivity contribution is 6.01. The molecule has 2 heterocycles. The van der Waals surface area contributed by atoms with E-state index >= 15 is 0 Å². The Hall–Kier alpha value is -2.41. The average molecular weight is 486 g/mol. The van der Waals surface area contributed by atoms with Crippen molar-refractivity contribution in [2.75, 3.05) is 25.0 Å². The Morgan fingerprint density at radius 1 is 1.00 bits per heavy atom. The summed E-state index contributed by atoms with van der Waals surface area (Å²) in [6.45, 7) is 9.17. The number of carbonyl (C=O) groups is 3. The zero-order valence-corrected chi connectivity index (χ0v) is 21.7. The third-order valence-corrected chi connectivity index (χ3v) is 6.83. The fourth-order valence-electron chi connectivity index (χ4n) is 4.90. The number of ether oxygens (including phenoxy) is 1. The van der Waals surface area contributed by atoms with Gasteiger partial charge in [0.2, 0.25) is 11.8 Å². The van der Waals surface area contributed by atoms with Crippen LogP contribution in [0, 0.1) is 0 Å². The second-order valence-corrected chi connectivity index (χ2v) is 11.0. The molecule has 7 heteroatoms. The molecule has 2 N–H and O–H groups in total. The number of imide groups is 1. The van der Waals surface area contributed by atoms with Crippen LogP contribution in [0.25, 0.3) is 0 Å². The van der Waals surface area contributed by atoms with E-state index in [4.69, 9.17) is 4.74 Å². The molecule has 2 fully saturated rings. The molecule has 0 bridgehead atoms. The van der Waals surface area contributed by atoms with Crippen LogP contribution in [0.5, 0.6) is 0 Å². The van der Waals surface area contributed by atoms with E-state index in [0.29, 0.717) is 25.2 Å². The predicted molar refractivity (Wildman–Crippen MR) is 138 cm³/mol. The number of amides is 2. The summed E-state index contributed by atoms with van der Waals surface area (Å²) < 4.78 is 5.36. The van der Waals surface area contributed by atoms with Crippen molar-refractivity contribution in [2.24, 2.45) is 0 Å². The molecule has 3 rings (SSSR count). The minimum atomic E-state index is -0.386. The quantitative estimate of drug-likeness (QED) is 0.267. The van der Waals surface area contributed by atoms with Crippen molar-refractivity contribution in [3.05, 3.63) is 29.8 Å². The molecular formula is C28H43N3O4. The SMILES string of the molecule is CC(C)(C)OC(=O)CCCCCCCN1CCC(c2ccc(NC3CCC(=O)NC3=O)cc2)CC1. The van der Waals surface area contributed by atoms with E-state index in [1.54, 1.807) is 0 Å². The Kier molecular flexibility index (Phi) is 10.1. The number of likely N-dealkylation sites (tertiary alicyclic amines) is 1. The molecule has 2 amide bonds. The van der Waals surface area contributed by atoms with Crippen molar-refractivity contribution >= 4 is 23.5 Å². The number of hydrogen-bond acceptors (Lipinski definition) is 6. The number of unbranched alkanes of at least 4 members (excludes halogenated alkanes) is 4. The molecule has 194 valence electrons. The van der Waals surface area contributed by atoms with E-state index in [1.807, 2.05) is 32.9 Å². The molecule has 2 saturated heterocycles. The minimum Gasteiger partial charge on any atom is -0.460 e. The molecule has 0 radical (unpaired) electrons. The molecule has 1 aromatic rings. The second kappa shape index (κ2) is 13.1. The summed E-state index contributed by atoms with van der Waals surface area (Å²) in [6.07, 6.45) is 9.43. The first-order valence-corrected chi connectivity index (χ1v) is 13.3. The molecule has 0 saturated carbocycles. The van der Waals surface area contributed by atoms with Crippen LogP contribution in [-0.2, 0) is 19.1 Å². The lowest BCUT2D eigenvalue weighted by molar-refractivity contribution is -0.155. The molecule has 0 aliphatic carbocycles. The molecular weight excluding hydrogens is 442 g/mol. The Morgan fingerprint density at radius 2 is 1.66 bits per heavy atom. The van der Waals surface area contributed by atoms with E-state index < -0.39 is 0 Å². The number of anilines is 1. The predicted octanol–water partition coefficient (Wildman–Crippen LogP) is 4.77. The maximum Gasteiger partial charge on any atom is 0.306 e. The van der Waals surface area contributed by atoms with Crippen LogP contribution in [0.3, 0.4) is 0 Å². The lowest BCUT2D eigenvalue weighted by Crippen LogP contribution is -2.47. The number of benzene rings is 1. The van der Waals surface area contributed by atoms with Crippen LogP contribution in [0.4, 0.5) is 5.69 Å². The third kappa shape index (κ3) is 9.63. The van der Waals surface area contributed by atoms with E-state index in [2.05, 4.69) is 27.7 Å². The van der Waals surface area contributed by atoms with Gasteiger partial charge in [-0.05, 0) is 96.1 Å². The van der Waals surface area contributed by atoms with Crippen molar-refractivity contribution in [2.45, 2.75) is 103 Å². The monoisotopic (exact) mass is 485 g/mol. The van der Waals surface area contributed by atoms with Gasteiger partial charge in [0.25, 0.3) is 0 Å². The van der Waals surface area contributed by atoms with Gasteiger partial charge in [0, 0.05) is 18.5 Å². The van der Waals surface area contributed by atoms with E-state index in [0.717, 1.165) is 38.2 Å².